The van der Waals surface area contributed by atoms with Crippen molar-refractivity contribution in [3.63, 3.8) is 0 Å². The number of nitrogens with zero attached hydrogens (tertiary/aromatic N) is 2. The summed E-state index contributed by atoms with van der Waals surface area (Å²) in [5.41, 5.74) is 6.66. The molecule has 0 fully saturated rings. The van der Waals surface area contributed by atoms with E-state index in [1.54, 1.807) is 6.07 Å². The lowest BCUT2D eigenvalue weighted by Crippen LogP contribution is -2.43. The number of rotatable bonds is 7. The summed E-state index contributed by atoms with van der Waals surface area (Å²) < 4.78 is 11.9. The molecule has 0 aromatic carbocycles. The molecule has 0 radical (unpaired) electrons. The fraction of sp³-hybridized carbons (Fsp3) is 0.333. The van der Waals surface area contributed by atoms with Crippen molar-refractivity contribution in [3.8, 4) is 6.07 Å². The second kappa shape index (κ2) is 10.1. The number of nitriles is 1. The van der Waals surface area contributed by atoms with Crippen molar-refractivity contribution in [1.29, 1.82) is 5.26 Å². The summed E-state index contributed by atoms with van der Waals surface area (Å²) in [7, 11) is 0. The second-order valence-corrected chi connectivity index (χ2v) is 7.06. The van der Waals surface area contributed by atoms with E-state index in [9.17, 15) is 19.6 Å². The first-order valence-corrected chi connectivity index (χ1v) is 9.31. The molecule has 2 rings (SSSR count). The Morgan fingerprint density at radius 2 is 2.03 bits per heavy atom. The number of hydrazine groups is 1. The van der Waals surface area contributed by atoms with Gasteiger partial charge in [0.1, 0.15) is 11.6 Å². The molecule has 0 spiro atoms. The standard InChI is InChI=1S/C21H24N4O5/c1-13(2)11-25-14(3)8-16(15(25)4)9-17(10-22)21(28)30-12-19(26)23-24-20(27)18-6-5-7-29-18/h5-9,13H,11-12H2,1-4H3,(H,23,26)(H,24,27)/b17-9+. The van der Waals surface area contributed by atoms with Crippen LogP contribution in [0.3, 0.4) is 0 Å². The number of aromatic nitrogens is 1. The summed E-state index contributed by atoms with van der Waals surface area (Å²) in [6.45, 7) is 8.24. The molecule has 0 atom stereocenters. The maximum atomic E-state index is 12.2. The van der Waals surface area contributed by atoms with E-state index in [0.717, 1.165) is 23.5 Å². The Kier molecular flexibility index (Phi) is 7.58. The van der Waals surface area contributed by atoms with E-state index in [2.05, 4.69) is 29.3 Å². The Morgan fingerprint density at radius 1 is 1.30 bits per heavy atom. The van der Waals surface area contributed by atoms with E-state index in [-0.39, 0.29) is 11.3 Å². The highest BCUT2D eigenvalue weighted by Crippen LogP contribution is 2.20. The van der Waals surface area contributed by atoms with Crippen LogP contribution in [0.15, 0.2) is 34.5 Å². The van der Waals surface area contributed by atoms with Crippen molar-refractivity contribution in [1.82, 2.24) is 15.4 Å². The fourth-order valence-electron chi connectivity index (χ4n) is 2.75. The van der Waals surface area contributed by atoms with Gasteiger partial charge in [-0.3, -0.25) is 20.4 Å². The third kappa shape index (κ3) is 5.85. The third-order valence-electron chi connectivity index (χ3n) is 4.20. The monoisotopic (exact) mass is 412 g/mol. The highest BCUT2D eigenvalue weighted by atomic mass is 16.5. The largest absolute Gasteiger partial charge is 0.459 e. The summed E-state index contributed by atoms with van der Waals surface area (Å²) in [6.07, 6.45) is 2.76. The predicted octanol–water partition coefficient (Wildman–Crippen LogP) is 2.27. The van der Waals surface area contributed by atoms with Crippen LogP contribution in [-0.2, 0) is 20.9 Å². The highest BCUT2D eigenvalue weighted by molar-refractivity contribution is 5.99. The lowest BCUT2D eigenvalue weighted by atomic mass is 10.1. The molecule has 9 nitrogen and oxygen atoms in total. The molecule has 2 amide bonds. The topological polar surface area (TPSA) is 126 Å². The van der Waals surface area contributed by atoms with Crippen LogP contribution < -0.4 is 10.9 Å². The van der Waals surface area contributed by atoms with Crippen LogP contribution in [0, 0.1) is 31.1 Å². The molecule has 2 N–H and O–H groups in total. The molecule has 0 saturated heterocycles. The maximum Gasteiger partial charge on any atom is 0.349 e. The molecular formula is C21H24N4O5. The first-order valence-electron chi connectivity index (χ1n) is 9.31. The van der Waals surface area contributed by atoms with Gasteiger partial charge < -0.3 is 13.7 Å². The summed E-state index contributed by atoms with van der Waals surface area (Å²) in [5, 5.41) is 9.32. The molecule has 0 aliphatic rings. The Labute approximate surface area is 174 Å². The number of amides is 2. The van der Waals surface area contributed by atoms with Crippen LogP contribution >= 0.6 is 0 Å². The van der Waals surface area contributed by atoms with E-state index in [1.807, 2.05) is 19.9 Å². The number of carbonyl (C=O) groups is 3. The van der Waals surface area contributed by atoms with Gasteiger partial charge in [-0.05, 0) is 49.6 Å². The molecule has 9 heteroatoms. The predicted molar refractivity (Wildman–Crippen MR) is 108 cm³/mol. The van der Waals surface area contributed by atoms with Crippen molar-refractivity contribution >= 4 is 23.9 Å². The van der Waals surface area contributed by atoms with Crippen LogP contribution in [-0.4, -0.2) is 29.0 Å². The summed E-state index contributed by atoms with van der Waals surface area (Å²) in [5.74, 6) is -1.90. The molecule has 158 valence electrons. The second-order valence-electron chi connectivity index (χ2n) is 7.06. The number of hydrogen-bond donors (Lipinski definition) is 2. The van der Waals surface area contributed by atoms with Crippen molar-refractivity contribution < 1.29 is 23.5 Å². The highest BCUT2D eigenvalue weighted by Gasteiger charge is 2.16. The van der Waals surface area contributed by atoms with Gasteiger partial charge in [-0.1, -0.05) is 13.8 Å². The number of hydrogen-bond acceptors (Lipinski definition) is 6. The Hall–Kier alpha value is -3.80. The van der Waals surface area contributed by atoms with Gasteiger partial charge in [-0.15, -0.1) is 0 Å². The number of nitrogens with one attached hydrogen (secondary N) is 2. The van der Waals surface area contributed by atoms with Crippen LogP contribution in [0.2, 0.25) is 0 Å². The number of carbonyl (C=O) groups excluding carboxylic acids is 3. The third-order valence-corrected chi connectivity index (χ3v) is 4.20. The molecule has 30 heavy (non-hydrogen) atoms. The maximum absolute atomic E-state index is 12.2. The lowest BCUT2D eigenvalue weighted by molar-refractivity contribution is -0.144. The molecule has 0 aliphatic carbocycles. The first kappa shape index (κ1) is 22.5. The Balaban J connectivity index is 1.95. The van der Waals surface area contributed by atoms with E-state index in [1.165, 1.54) is 24.5 Å². The zero-order valence-corrected chi connectivity index (χ0v) is 17.3. The minimum Gasteiger partial charge on any atom is -0.459 e. The summed E-state index contributed by atoms with van der Waals surface area (Å²) in [6, 6.07) is 6.63. The molecule has 2 heterocycles. The van der Waals surface area contributed by atoms with Gasteiger partial charge in [-0.2, -0.15) is 5.26 Å². The zero-order chi connectivity index (χ0) is 22.3. The first-order chi connectivity index (χ1) is 14.2. The van der Waals surface area contributed by atoms with Crippen LogP contribution in [0.1, 0.15) is 41.4 Å². The van der Waals surface area contributed by atoms with Crippen LogP contribution in [0.4, 0.5) is 0 Å². The molecule has 0 unspecified atom stereocenters. The van der Waals surface area contributed by atoms with Crippen LogP contribution in [0.25, 0.3) is 6.08 Å². The normalized spacial score (nSPS) is 11.1. The Morgan fingerprint density at radius 3 is 2.63 bits per heavy atom. The van der Waals surface area contributed by atoms with Gasteiger partial charge in [0.05, 0.1) is 6.26 Å². The Bertz CT molecular complexity index is 994. The average molecular weight is 412 g/mol. The van der Waals surface area contributed by atoms with E-state index in [0.29, 0.717) is 5.92 Å². The lowest BCUT2D eigenvalue weighted by Gasteiger charge is -2.12. The fourth-order valence-corrected chi connectivity index (χ4v) is 2.75. The molecule has 0 aliphatic heterocycles. The minimum atomic E-state index is -0.932. The quantitative estimate of drug-likeness (QED) is 0.311. The van der Waals surface area contributed by atoms with Crippen molar-refractivity contribution in [2.75, 3.05) is 6.61 Å². The molecular weight excluding hydrogens is 388 g/mol. The number of ether oxygens (including phenoxy) is 1. The number of aryl methyl sites for hydroxylation is 1. The molecule has 0 bridgehead atoms. The van der Waals surface area contributed by atoms with Gasteiger partial charge >= 0.3 is 11.9 Å². The van der Waals surface area contributed by atoms with Crippen molar-refractivity contribution in [2.45, 2.75) is 34.2 Å². The molecule has 0 saturated carbocycles. The van der Waals surface area contributed by atoms with Gasteiger partial charge in [0.15, 0.2) is 12.4 Å². The summed E-state index contributed by atoms with van der Waals surface area (Å²) in [4.78, 5) is 35.6. The van der Waals surface area contributed by atoms with Gasteiger partial charge in [-0.25, -0.2) is 4.79 Å². The minimum absolute atomic E-state index is 0.0112. The number of esters is 1. The van der Waals surface area contributed by atoms with Gasteiger partial charge in [0, 0.05) is 17.9 Å². The smallest absolute Gasteiger partial charge is 0.349 e. The van der Waals surface area contributed by atoms with Crippen LogP contribution in [0.5, 0.6) is 0 Å². The molecule has 2 aromatic heterocycles. The summed E-state index contributed by atoms with van der Waals surface area (Å²) >= 11 is 0. The van der Waals surface area contributed by atoms with E-state index in [4.69, 9.17) is 9.15 Å². The van der Waals surface area contributed by atoms with Crippen molar-refractivity contribution in [2.24, 2.45) is 5.92 Å². The van der Waals surface area contributed by atoms with E-state index >= 15 is 0 Å². The number of furan rings is 1. The van der Waals surface area contributed by atoms with Gasteiger partial charge in [0.25, 0.3) is 5.91 Å². The van der Waals surface area contributed by atoms with Crippen molar-refractivity contribution in [3.05, 3.63) is 52.7 Å². The molecule has 2 aromatic rings. The van der Waals surface area contributed by atoms with Gasteiger partial charge in [0.2, 0.25) is 0 Å². The SMILES string of the molecule is Cc1cc(/C=C(\C#N)C(=O)OCC(=O)NNC(=O)c2ccco2)c(C)n1CC(C)C. The van der Waals surface area contributed by atoms with E-state index < -0.39 is 24.4 Å². The average Bonchev–Trinajstić information content (AvgIpc) is 3.33. The zero-order valence-electron chi connectivity index (χ0n) is 17.3.